The van der Waals surface area contributed by atoms with E-state index in [0.29, 0.717) is 18.0 Å². The number of carbonyl (C=O) groups is 2. The summed E-state index contributed by atoms with van der Waals surface area (Å²) in [5.41, 5.74) is 0.272. The maximum atomic E-state index is 12.8. The zero-order chi connectivity index (χ0) is 17.0. The van der Waals surface area contributed by atoms with Crippen LogP contribution in [0, 0.1) is 0 Å². The van der Waals surface area contributed by atoms with Crippen LogP contribution in [0.2, 0.25) is 0 Å². The number of hydrogen-bond acceptors (Lipinski definition) is 5. The number of hydrogen-bond donors (Lipinski definition) is 3. The van der Waals surface area contributed by atoms with Crippen molar-refractivity contribution in [1.29, 1.82) is 0 Å². The van der Waals surface area contributed by atoms with Crippen molar-refractivity contribution in [3.63, 3.8) is 0 Å². The molecule has 1 atom stereocenters. The van der Waals surface area contributed by atoms with E-state index in [1.165, 1.54) is 26.4 Å². The van der Waals surface area contributed by atoms with Crippen LogP contribution in [0.1, 0.15) is 23.2 Å². The van der Waals surface area contributed by atoms with Gasteiger partial charge in [0.25, 0.3) is 5.91 Å². The van der Waals surface area contributed by atoms with Crippen molar-refractivity contribution in [2.24, 2.45) is 0 Å². The van der Waals surface area contributed by atoms with Gasteiger partial charge in [0.15, 0.2) is 11.5 Å². The van der Waals surface area contributed by atoms with Crippen molar-refractivity contribution in [3.8, 4) is 11.5 Å². The van der Waals surface area contributed by atoms with E-state index < -0.39 is 6.09 Å². The average molecular weight is 324 g/mol. The highest BCUT2D eigenvalue weighted by Crippen LogP contribution is 2.35. The van der Waals surface area contributed by atoms with Crippen LogP contribution in [-0.2, 0) is 0 Å². The minimum absolute atomic E-state index is 0.115. The van der Waals surface area contributed by atoms with Gasteiger partial charge in [0, 0.05) is 12.6 Å². The molecule has 126 valence electrons. The second kappa shape index (κ2) is 7.19. The fourth-order valence-corrected chi connectivity index (χ4v) is 2.72. The van der Waals surface area contributed by atoms with Crippen LogP contribution < -0.4 is 14.8 Å². The van der Waals surface area contributed by atoms with Crippen LogP contribution in [0.5, 0.6) is 11.5 Å². The Morgan fingerprint density at radius 2 is 1.96 bits per heavy atom. The molecule has 3 N–H and O–H groups in total. The monoisotopic (exact) mass is 324 g/mol. The maximum Gasteiger partial charge on any atom is 0.409 e. The highest BCUT2D eigenvalue weighted by atomic mass is 16.5. The molecule has 0 aliphatic carbocycles. The van der Waals surface area contributed by atoms with Crippen LogP contribution in [0.25, 0.3) is 0 Å². The molecule has 1 aliphatic rings. The first-order chi connectivity index (χ1) is 11.0. The number of nitrogens with one attached hydrogen (secondary N) is 1. The highest BCUT2D eigenvalue weighted by molar-refractivity contribution is 6.03. The van der Waals surface area contributed by atoms with Gasteiger partial charge in [0.05, 0.1) is 38.1 Å². The number of anilines is 1. The van der Waals surface area contributed by atoms with Crippen LogP contribution in [0.15, 0.2) is 12.1 Å². The number of methoxy groups -OCH3 is 2. The lowest BCUT2D eigenvalue weighted by molar-refractivity contribution is 0.0678. The Kier molecular flexibility index (Phi) is 5.28. The van der Waals surface area contributed by atoms with Gasteiger partial charge in [0.2, 0.25) is 0 Å². The molecule has 2 amide bonds. The van der Waals surface area contributed by atoms with E-state index in [9.17, 15) is 14.7 Å². The van der Waals surface area contributed by atoms with Crippen LogP contribution in [-0.4, -0.2) is 60.5 Å². The van der Waals surface area contributed by atoms with E-state index in [1.807, 2.05) is 0 Å². The molecular formula is C15H20N2O6. The van der Waals surface area contributed by atoms with Gasteiger partial charge in [-0.3, -0.25) is 10.1 Å². The summed E-state index contributed by atoms with van der Waals surface area (Å²) in [4.78, 5) is 25.3. The predicted molar refractivity (Wildman–Crippen MR) is 82.3 cm³/mol. The van der Waals surface area contributed by atoms with Gasteiger partial charge in [0.1, 0.15) is 0 Å². The lowest BCUT2D eigenvalue weighted by Crippen LogP contribution is -2.38. The molecule has 2 rings (SSSR count). The van der Waals surface area contributed by atoms with Gasteiger partial charge in [-0.1, -0.05) is 0 Å². The molecule has 1 fully saturated rings. The molecule has 0 spiro atoms. The second-order valence-electron chi connectivity index (χ2n) is 5.16. The third kappa shape index (κ3) is 3.48. The lowest BCUT2D eigenvalue weighted by Gasteiger charge is -2.24. The molecule has 1 heterocycles. The largest absolute Gasteiger partial charge is 0.493 e. The van der Waals surface area contributed by atoms with Crippen molar-refractivity contribution in [2.75, 3.05) is 32.7 Å². The molecule has 1 aliphatic heterocycles. The fourth-order valence-electron chi connectivity index (χ4n) is 2.72. The Morgan fingerprint density at radius 3 is 2.52 bits per heavy atom. The lowest BCUT2D eigenvalue weighted by atomic mass is 10.1. The summed E-state index contributed by atoms with van der Waals surface area (Å²) in [6.45, 7) is 0.394. The molecule has 8 heteroatoms. The SMILES string of the molecule is COc1cc(NC(=O)O)c(C(=O)N2CCCC2CO)cc1OC. The number of likely N-dealkylation sites (tertiary alicyclic amines) is 1. The predicted octanol–water partition coefficient (Wildman–Crippen LogP) is 1.39. The average Bonchev–Trinajstić information content (AvgIpc) is 3.01. The fraction of sp³-hybridized carbons (Fsp3) is 0.467. The summed E-state index contributed by atoms with van der Waals surface area (Å²) in [6.07, 6.45) is 0.231. The number of aliphatic hydroxyl groups excluding tert-OH is 1. The first kappa shape index (κ1) is 16.9. The molecule has 1 saturated heterocycles. The van der Waals surface area contributed by atoms with E-state index in [0.717, 1.165) is 12.8 Å². The third-order valence-electron chi connectivity index (χ3n) is 3.84. The zero-order valence-corrected chi connectivity index (χ0v) is 13.0. The van der Waals surface area contributed by atoms with Crippen LogP contribution in [0.4, 0.5) is 10.5 Å². The standard InChI is InChI=1S/C15H20N2O6/c1-22-12-6-10(11(16-15(20)21)7-13(12)23-2)14(19)17-5-3-4-9(17)8-18/h6-7,9,16,18H,3-5,8H2,1-2H3,(H,20,21). The topological polar surface area (TPSA) is 108 Å². The Bertz CT molecular complexity index is 604. The van der Waals surface area contributed by atoms with E-state index in [2.05, 4.69) is 5.32 Å². The number of carbonyl (C=O) groups excluding carboxylic acids is 1. The summed E-state index contributed by atoms with van der Waals surface area (Å²) >= 11 is 0. The summed E-state index contributed by atoms with van der Waals surface area (Å²) in [5.74, 6) is 0.283. The highest BCUT2D eigenvalue weighted by Gasteiger charge is 2.31. The Balaban J connectivity index is 2.45. The van der Waals surface area contributed by atoms with Gasteiger partial charge in [-0.2, -0.15) is 0 Å². The van der Waals surface area contributed by atoms with Gasteiger partial charge < -0.3 is 24.6 Å². The zero-order valence-electron chi connectivity index (χ0n) is 13.0. The number of amides is 2. The molecule has 0 radical (unpaired) electrons. The molecule has 23 heavy (non-hydrogen) atoms. The Morgan fingerprint density at radius 1 is 1.30 bits per heavy atom. The first-order valence-corrected chi connectivity index (χ1v) is 7.19. The van der Waals surface area contributed by atoms with E-state index in [1.54, 1.807) is 4.90 Å². The number of rotatable bonds is 5. The Labute approximate surface area is 133 Å². The van der Waals surface area contributed by atoms with Crippen molar-refractivity contribution in [1.82, 2.24) is 4.90 Å². The third-order valence-corrected chi connectivity index (χ3v) is 3.84. The molecule has 8 nitrogen and oxygen atoms in total. The van der Waals surface area contributed by atoms with Crippen LogP contribution >= 0.6 is 0 Å². The van der Waals surface area contributed by atoms with E-state index in [4.69, 9.17) is 14.6 Å². The van der Waals surface area contributed by atoms with Gasteiger partial charge in [-0.25, -0.2) is 4.79 Å². The first-order valence-electron chi connectivity index (χ1n) is 7.19. The summed E-state index contributed by atoms with van der Waals surface area (Å²) in [5, 5.41) is 20.6. The smallest absolute Gasteiger partial charge is 0.409 e. The molecule has 1 aromatic rings. The van der Waals surface area contributed by atoms with Crippen molar-refractivity contribution < 1.29 is 29.3 Å². The minimum atomic E-state index is -1.29. The van der Waals surface area contributed by atoms with Crippen LogP contribution in [0.3, 0.4) is 0 Å². The summed E-state index contributed by atoms with van der Waals surface area (Å²) < 4.78 is 10.3. The molecule has 0 bridgehead atoms. The normalized spacial score (nSPS) is 17.0. The van der Waals surface area contributed by atoms with Crippen molar-refractivity contribution >= 4 is 17.7 Å². The number of nitrogens with zero attached hydrogens (tertiary/aromatic N) is 1. The van der Waals surface area contributed by atoms with Crippen molar-refractivity contribution in [2.45, 2.75) is 18.9 Å². The van der Waals surface area contributed by atoms with E-state index >= 15 is 0 Å². The van der Waals surface area contributed by atoms with Crippen molar-refractivity contribution in [3.05, 3.63) is 17.7 Å². The summed E-state index contributed by atoms with van der Waals surface area (Å²) in [6, 6.07) is 2.59. The molecule has 1 unspecified atom stereocenters. The number of benzene rings is 1. The minimum Gasteiger partial charge on any atom is -0.493 e. The summed E-state index contributed by atoms with van der Waals surface area (Å²) in [7, 11) is 2.86. The molecule has 0 saturated carbocycles. The molecule has 1 aromatic carbocycles. The quantitative estimate of drug-likeness (QED) is 0.755. The second-order valence-corrected chi connectivity index (χ2v) is 5.16. The number of aliphatic hydroxyl groups is 1. The van der Waals surface area contributed by atoms with Gasteiger partial charge in [-0.05, 0) is 18.9 Å². The Hall–Kier alpha value is -2.48. The molecular weight excluding hydrogens is 304 g/mol. The van der Waals surface area contributed by atoms with Gasteiger partial charge in [-0.15, -0.1) is 0 Å². The molecule has 0 aromatic heterocycles. The number of carboxylic acid groups (broad SMARTS) is 1. The number of ether oxygens (including phenoxy) is 2. The maximum absolute atomic E-state index is 12.8. The van der Waals surface area contributed by atoms with E-state index in [-0.39, 0.29) is 29.8 Å². The van der Waals surface area contributed by atoms with Gasteiger partial charge >= 0.3 is 6.09 Å².